The summed E-state index contributed by atoms with van der Waals surface area (Å²) in [4.78, 5) is 28.2. The van der Waals surface area contributed by atoms with Crippen molar-refractivity contribution >= 4 is 50.4 Å². The maximum atomic E-state index is 12.9. The number of carbonyl (C=O) groups excluding carboxylic acids is 2. The second kappa shape index (κ2) is 7.37. The number of Topliss-reactive ketones (excluding diaryl/α,β-unsaturated/α-hetero) is 1. The third-order valence-corrected chi connectivity index (χ3v) is 6.09. The second-order valence-corrected chi connectivity index (χ2v) is 8.43. The minimum Gasteiger partial charge on any atom is -0.507 e. The van der Waals surface area contributed by atoms with E-state index in [1.807, 2.05) is 48.7 Å². The number of hydrogen-bond acceptors (Lipinski definition) is 4. The van der Waals surface area contributed by atoms with Crippen molar-refractivity contribution in [2.45, 2.75) is 13.0 Å². The Hall–Kier alpha value is -2.70. The van der Waals surface area contributed by atoms with Gasteiger partial charge in [0.05, 0.1) is 5.57 Å². The largest absolute Gasteiger partial charge is 0.507 e. The van der Waals surface area contributed by atoms with Gasteiger partial charge in [-0.1, -0.05) is 57.9 Å². The Bertz CT molecular complexity index is 1090. The Morgan fingerprint density at radius 2 is 1.82 bits per heavy atom. The number of ketones is 1. The van der Waals surface area contributed by atoms with Crippen LogP contribution >= 0.6 is 27.3 Å². The van der Waals surface area contributed by atoms with Gasteiger partial charge in [0.25, 0.3) is 11.7 Å². The van der Waals surface area contributed by atoms with Gasteiger partial charge in [-0.05, 0) is 36.6 Å². The first-order valence-electron chi connectivity index (χ1n) is 8.64. The molecule has 2 aromatic carbocycles. The van der Waals surface area contributed by atoms with Gasteiger partial charge >= 0.3 is 0 Å². The fourth-order valence-corrected chi connectivity index (χ4v) is 4.52. The number of aliphatic hydroxyl groups is 1. The van der Waals surface area contributed by atoms with E-state index in [1.165, 1.54) is 16.2 Å². The first kappa shape index (κ1) is 18.7. The predicted octanol–water partition coefficient (Wildman–Crippen LogP) is 5.45. The van der Waals surface area contributed by atoms with Crippen LogP contribution in [0, 0.1) is 6.92 Å². The molecule has 1 N–H and O–H groups in total. The summed E-state index contributed by atoms with van der Waals surface area (Å²) in [6, 6.07) is 17.5. The van der Waals surface area contributed by atoms with Gasteiger partial charge in [0.2, 0.25) is 0 Å². The van der Waals surface area contributed by atoms with Gasteiger partial charge in [-0.25, -0.2) is 0 Å². The molecule has 1 saturated heterocycles. The highest BCUT2D eigenvalue weighted by Gasteiger charge is 2.47. The molecule has 0 aliphatic carbocycles. The molecular weight excluding hydrogens is 438 g/mol. The summed E-state index contributed by atoms with van der Waals surface area (Å²) in [5, 5.41) is 12.9. The summed E-state index contributed by atoms with van der Waals surface area (Å²) in [6.07, 6.45) is 0. The van der Waals surface area contributed by atoms with Gasteiger partial charge in [0, 0.05) is 20.6 Å². The quantitative estimate of drug-likeness (QED) is 0.326. The number of hydrogen-bond donors (Lipinski definition) is 1. The summed E-state index contributed by atoms with van der Waals surface area (Å²) in [5.74, 6) is -1.49. The zero-order valence-corrected chi connectivity index (χ0v) is 17.3. The number of anilines is 1. The lowest BCUT2D eigenvalue weighted by molar-refractivity contribution is -0.132. The number of carbonyl (C=O) groups is 2. The number of aryl methyl sites for hydroxylation is 1. The van der Waals surface area contributed by atoms with Crippen molar-refractivity contribution < 1.29 is 14.7 Å². The van der Waals surface area contributed by atoms with E-state index in [1.54, 1.807) is 24.3 Å². The molecule has 0 bridgehead atoms. The van der Waals surface area contributed by atoms with Crippen molar-refractivity contribution in [2.75, 3.05) is 4.90 Å². The first-order valence-corrected chi connectivity index (χ1v) is 10.3. The van der Waals surface area contributed by atoms with Crippen molar-refractivity contribution in [3.8, 4) is 0 Å². The van der Waals surface area contributed by atoms with E-state index in [0.29, 0.717) is 11.3 Å². The molecule has 0 radical (unpaired) electrons. The predicted molar refractivity (Wildman–Crippen MR) is 114 cm³/mol. The standard InChI is InChI=1S/C22H16BrNO3S/c1-13-7-9-14(10-8-13)20(25)18-19(17-6-3-11-28-17)24(22(27)21(18)26)16-5-2-4-15(23)12-16/h2-12,19,25H,1H3/b20-18-. The van der Waals surface area contributed by atoms with Crippen molar-refractivity contribution in [1.82, 2.24) is 0 Å². The highest BCUT2D eigenvalue weighted by molar-refractivity contribution is 9.10. The van der Waals surface area contributed by atoms with E-state index >= 15 is 0 Å². The van der Waals surface area contributed by atoms with E-state index < -0.39 is 17.7 Å². The lowest BCUT2D eigenvalue weighted by atomic mass is 9.99. The lowest BCUT2D eigenvalue weighted by Crippen LogP contribution is -2.29. The summed E-state index contributed by atoms with van der Waals surface area (Å²) >= 11 is 4.86. The molecule has 6 heteroatoms. The Labute approximate surface area is 174 Å². The smallest absolute Gasteiger partial charge is 0.300 e. The molecule has 4 rings (SSSR count). The molecule has 3 aromatic rings. The number of benzene rings is 2. The fourth-order valence-electron chi connectivity index (χ4n) is 3.31. The average molecular weight is 454 g/mol. The topological polar surface area (TPSA) is 57.6 Å². The van der Waals surface area contributed by atoms with Crippen LogP contribution in [0.4, 0.5) is 5.69 Å². The maximum absolute atomic E-state index is 12.9. The van der Waals surface area contributed by atoms with Gasteiger partial charge in [-0.3, -0.25) is 14.5 Å². The number of nitrogens with zero attached hydrogens (tertiary/aromatic N) is 1. The Kier molecular flexibility index (Phi) is 4.91. The molecule has 2 heterocycles. The van der Waals surface area contributed by atoms with Crippen LogP contribution in [-0.2, 0) is 9.59 Å². The minimum atomic E-state index is -0.684. The third-order valence-electron chi connectivity index (χ3n) is 4.67. The van der Waals surface area contributed by atoms with Crippen LogP contribution in [0.5, 0.6) is 0 Å². The van der Waals surface area contributed by atoms with Crippen molar-refractivity contribution in [1.29, 1.82) is 0 Å². The molecule has 28 heavy (non-hydrogen) atoms. The van der Waals surface area contributed by atoms with E-state index in [2.05, 4.69) is 15.9 Å². The Morgan fingerprint density at radius 3 is 2.46 bits per heavy atom. The van der Waals surface area contributed by atoms with Gasteiger partial charge in [-0.15, -0.1) is 11.3 Å². The third kappa shape index (κ3) is 3.19. The normalized spacial score (nSPS) is 18.6. The van der Waals surface area contributed by atoms with Crippen molar-refractivity contribution in [3.05, 3.63) is 92.1 Å². The number of aliphatic hydroxyl groups excluding tert-OH is 1. The summed E-state index contributed by atoms with van der Waals surface area (Å²) < 4.78 is 0.801. The highest BCUT2D eigenvalue weighted by atomic mass is 79.9. The Morgan fingerprint density at radius 1 is 1.07 bits per heavy atom. The van der Waals surface area contributed by atoms with Gasteiger partial charge < -0.3 is 5.11 Å². The molecule has 1 atom stereocenters. The Balaban J connectivity index is 1.93. The molecule has 0 saturated carbocycles. The van der Waals surface area contributed by atoms with E-state index in [9.17, 15) is 14.7 Å². The van der Waals surface area contributed by atoms with Gasteiger partial charge in [0.15, 0.2) is 0 Å². The molecule has 1 fully saturated rings. The highest BCUT2D eigenvalue weighted by Crippen LogP contribution is 2.43. The molecule has 0 spiro atoms. The summed E-state index contributed by atoms with van der Waals surface area (Å²) in [7, 11) is 0. The SMILES string of the molecule is Cc1ccc(/C(O)=C2/C(=O)C(=O)N(c3cccc(Br)c3)C2c2cccs2)cc1. The van der Waals surface area contributed by atoms with Crippen LogP contribution < -0.4 is 4.90 Å². The fraction of sp³-hybridized carbons (Fsp3) is 0.0909. The second-order valence-electron chi connectivity index (χ2n) is 6.53. The molecule has 140 valence electrons. The lowest BCUT2D eigenvalue weighted by Gasteiger charge is -2.24. The van der Waals surface area contributed by atoms with Crippen molar-refractivity contribution in [2.24, 2.45) is 0 Å². The van der Waals surface area contributed by atoms with Crippen LogP contribution in [-0.4, -0.2) is 16.8 Å². The van der Waals surface area contributed by atoms with Gasteiger partial charge in [0.1, 0.15) is 11.8 Å². The molecular formula is C22H16BrNO3S. The van der Waals surface area contributed by atoms with Crippen LogP contribution in [0.1, 0.15) is 22.0 Å². The summed E-state index contributed by atoms with van der Waals surface area (Å²) in [6.45, 7) is 1.95. The zero-order chi connectivity index (χ0) is 19.8. The number of amides is 1. The monoisotopic (exact) mass is 453 g/mol. The van der Waals surface area contributed by atoms with E-state index in [0.717, 1.165) is 14.9 Å². The maximum Gasteiger partial charge on any atom is 0.300 e. The van der Waals surface area contributed by atoms with Gasteiger partial charge in [-0.2, -0.15) is 0 Å². The first-order chi connectivity index (χ1) is 13.5. The number of thiophene rings is 1. The zero-order valence-electron chi connectivity index (χ0n) is 14.9. The molecule has 1 unspecified atom stereocenters. The minimum absolute atomic E-state index is 0.108. The van der Waals surface area contributed by atoms with Crippen LogP contribution in [0.15, 0.2) is 76.1 Å². The summed E-state index contributed by atoms with van der Waals surface area (Å²) in [5.41, 5.74) is 2.26. The average Bonchev–Trinajstić information content (AvgIpc) is 3.29. The molecule has 1 aliphatic heterocycles. The van der Waals surface area contributed by atoms with Crippen LogP contribution in [0.3, 0.4) is 0 Å². The van der Waals surface area contributed by atoms with Crippen molar-refractivity contribution in [3.63, 3.8) is 0 Å². The number of rotatable bonds is 3. The van der Waals surface area contributed by atoms with Crippen LogP contribution in [0.25, 0.3) is 5.76 Å². The molecule has 1 aromatic heterocycles. The molecule has 1 aliphatic rings. The molecule has 4 nitrogen and oxygen atoms in total. The number of halogens is 1. The molecule has 1 amide bonds. The van der Waals surface area contributed by atoms with Crippen LogP contribution in [0.2, 0.25) is 0 Å². The van der Waals surface area contributed by atoms with E-state index in [-0.39, 0.29) is 11.3 Å². The van der Waals surface area contributed by atoms with E-state index in [4.69, 9.17) is 0 Å².